The molecule has 4 rings (SSSR count). The molecule has 4 saturated carbocycles. The molecule has 0 aromatic carbocycles. The summed E-state index contributed by atoms with van der Waals surface area (Å²) in [5.41, 5.74) is 0.707. The fourth-order valence-corrected chi connectivity index (χ4v) is 8.18. The van der Waals surface area contributed by atoms with E-state index in [9.17, 15) is 13.5 Å². The van der Waals surface area contributed by atoms with Crippen molar-refractivity contribution >= 4 is 15.8 Å². The molecule has 0 aromatic heterocycles. The van der Waals surface area contributed by atoms with Gasteiger partial charge in [0.05, 0.1) is 17.6 Å². The number of hydrogen-bond donors (Lipinski definition) is 1. The molecule has 0 aromatic rings. The zero-order valence-electron chi connectivity index (χ0n) is 18.1. The maximum atomic E-state index is 11.3. The Hall–Kier alpha value is -0.620. The smallest absolute Gasteiger partial charge is 0.325 e. The van der Waals surface area contributed by atoms with Crippen molar-refractivity contribution in [3.05, 3.63) is 0 Å². The molecule has 0 heterocycles. The minimum Gasteiger partial charge on any atom is -0.390 e. The second-order valence-corrected chi connectivity index (χ2v) is 12.6. The fourth-order valence-electron chi connectivity index (χ4n) is 7.94. The van der Waals surface area contributed by atoms with Crippen molar-refractivity contribution in [2.45, 2.75) is 84.7 Å². The predicted octanol–water partition coefficient (Wildman–Crippen LogP) is 4.36. The zero-order valence-corrected chi connectivity index (χ0v) is 18.9. The van der Waals surface area contributed by atoms with E-state index in [4.69, 9.17) is 4.28 Å². The van der Waals surface area contributed by atoms with Crippen LogP contribution in [0.2, 0.25) is 0 Å². The van der Waals surface area contributed by atoms with Crippen LogP contribution in [0.1, 0.15) is 79.1 Å². The van der Waals surface area contributed by atoms with E-state index in [1.54, 1.807) is 0 Å². The average Bonchev–Trinajstić information content (AvgIpc) is 2.83. The summed E-state index contributed by atoms with van der Waals surface area (Å²) < 4.78 is 27.4. The molecule has 4 aliphatic carbocycles. The maximum absolute atomic E-state index is 11.3. The Morgan fingerprint density at radius 2 is 1.71 bits per heavy atom. The molecule has 0 aliphatic heterocycles. The Bertz CT molecular complexity index is 775. The molecule has 28 heavy (non-hydrogen) atoms. The normalized spacial score (nSPS) is 52.6. The summed E-state index contributed by atoms with van der Waals surface area (Å²) in [5.74, 6) is 3.06. The second kappa shape index (κ2) is 6.44. The van der Waals surface area contributed by atoms with Crippen molar-refractivity contribution in [1.82, 2.24) is 0 Å². The number of rotatable bonds is 2. The Kier molecular flexibility index (Phi) is 4.75. The van der Waals surface area contributed by atoms with Crippen molar-refractivity contribution in [1.29, 1.82) is 0 Å². The third-order valence-corrected chi connectivity index (χ3v) is 10.3. The van der Waals surface area contributed by atoms with Gasteiger partial charge in [0.15, 0.2) is 0 Å². The predicted molar refractivity (Wildman–Crippen MR) is 110 cm³/mol. The molecule has 6 heteroatoms. The first-order chi connectivity index (χ1) is 12.9. The Labute approximate surface area is 170 Å². The van der Waals surface area contributed by atoms with Crippen LogP contribution in [0.3, 0.4) is 0 Å². The molecule has 1 N–H and O–H groups in total. The molecule has 0 amide bonds. The summed E-state index contributed by atoms with van der Waals surface area (Å²) in [7, 11) is -3.54. The Morgan fingerprint density at radius 3 is 2.39 bits per heavy atom. The van der Waals surface area contributed by atoms with E-state index in [0.717, 1.165) is 44.1 Å². The van der Waals surface area contributed by atoms with Crippen LogP contribution in [0.4, 0.5) is 0 Å². The molecule has 4 aliphatic rings. The van der Waals surface area contributed by atoms with Gasteiger partial charge in [0, 0.05) is 0 Å². The van der Waals surface area contributed by atoms with Crippen molar-refractivity contribution < 1.29 is 17.8 Å². The fraction of sp³-hybridized carbons (Fsp3) is 0.955. The summed E-state index contributed by atoms with van der Waals surface area (Å²) >= 11 is 0. The molecule has 0 bridgehead atoms. The summed E-state index contributed by atoms with van der Waals surface area (Å²) in [6.45, 7) is 9.22. The van der Waals surface area contributed by atoms with Gasteiger partial charge in [-0.1, -0.05) is 25.9 Å². The van der Waals surface area contributed by atoms with E-state index in [-0.39, 0.29) is 10.8 Å². The van der Waals surface area contributed by atoms with Crippen LogP contribution in [-0.4, -0.2) is 31.1 Å². The molecular formula is C22H37NO4S. The molecular weight excluding hydrogens is 374 g/mol. The van der Waals surface area contributed by atoms with Gasteiger partial charge in [-0.05, 0) is 98.7 Å². The monoisotopic (exact) mass is 411 g/mol. The lowest BCUT2D eigenvalue weighted by Crippen LogP contribution is -2.58. The molecule has 160 valence electrons. The van der Waals surface area contributed by atoms with E-state index in [0.29, 0.717) is 29.6 Å². The molecule has 3 unspecified atom stereocenters. The van der Waals surface area contributed by atoms with Crippen LogP contribution in [0.25, 0.3) is 0 Å². The third kappa shape index (κ3) is 2.96. The summed E-state index contributed by atoms with van der Waals surface area (Å²) in [5, 5.41) is 15.1. The van der Waals surface area contributed by atoms with E-state index >= 15 is 0 Å². The van der Waals surface area contributed by atoms with Crippen LogP contribution in [0.5, 0.6) is 0 Å². The molecule has 5 nitrogen and oxygen atoms in total. The lowest BCUT2D eigenvalue weighted by molar-refractivity contribution is -0.151. The van der Waals surface area contributed by atoms with Gasteiger partial charge in [-0.3, -0.25) is 4.28 Å². The Morgan fingerprint density at radius 1 is 1.04 bits per heavy atom. The highest BCUT2D eigenvalue weighted by Gasteiger charge is 2.64. The first-order valence-electron chi connectivity index (χ1n) is 11.1. The quantitative estimate of drug-likeness (QED) is 0.685. The molecule has 8 atom stereocenters. The molecule has 0 saturated heterocycles. The highest BCUT2D eigenvalue weighted by molar-refractivity contribution is 7.85. The van der Waals surface area contributed by atoms with E-state index in [1.165, 1.54) is 19.3 Å². The molecule has 0 spiro atoms. The first-order valence-corrected chi connectivity index (χ1v) is 12.9. The minimum atomic E-state index is -3.54. The number of hydrogen-bond acceptors (Lipinski definition) is 5. The summed E-state index contributed by atoms with van der Waals surface area (Å²) in [4.78, 5) is 0. The van der Waals surface area contributed by atoms with Gasteiger partial charge < -0.3 is 5.11 Å². The van der Waals surface area contributed by atoms with Gasteiger partial charge in [0.1, 0.15) is 0 Å². The second-order valence-electron chi connectivity index (χ2n) is 11.0. The largest absolute Gasteiger partial charge is 0.390 e. The van der Waals surface area contributed by atoms with Crippen molar-refractivity contribution in [3.63, 3.8) is 0 Å². The van der Waals surface area contributed by atoms with Crippen LogP contribution >= 0.6 is 0 Å². The maximum Gasteiger partial charge on any atom is 0.325 e. The number of aliphatic hydroxyl groups is 1. The third-order valence-electron chi connectivity index (χ3n) is 9.91. The summed E-state index contributed by atoms with van der Waals surface area (Å²) in [6.07, 6.45) is 9.57. The van der Waals surface area contributed by atoms with Crippen LogP contribution in [0.15, 0.2) is 5.16 Å². The van der Waals surface area contributed by atoms with Gasteiger partial charge >= 0.3 is 10.1 Å². The topological polar surface area (TPSA) is 76.0 Å². The first kappa shape index (κ1) is 20.6. The lowest BCUT2D eigenvalue weighted by Gasteiger charge is -2.62. The zero-order chi connectivity index (χ0) is 20.5. The standard InChI is InChI=1S/C22H37NO4S/c1-14-12-16(23-27-28(5,25)26)13-15-6-7-17-18-9-11-21(3,24)20(18,2)10-8-19(17)22(14,15)4/h14-15,17-19,24H,6-13H2,1-5H3/b23-16+/t14?,15?,17-,18-,19+,20-,21?,22-/m0/s1. The van der Waals surface area contributed by atoms with Crippen molar-refractivity contribution in [2.75, 3.05) is 6.26 Å². The number of oxime groups is 1. The van der Waals surface area contributed by atoms with Crippen LogP contribution in [-0.2, 0) is 14.4 Å². The van der Waals surface area contributed by atoms with E-state index < -0.39 is 15.7 Å². The van der Waals surface area contributed by atoms with Gasteiger partial charge in [-0.15, -0.1) is 0 Å². The van der Waals surface area contributed by atoms with Gasteiger partial charge in [-0.25, -0.2) is 0 Å². The summed E-state index contributed by atoms with van der Waals surface area (Å²) in [6, 6.07) is 0. The van der Waals surface area contributed by atoms with Crippen LogP contribution in [0, 0.1) is 40.4 Å². The SMILES string of the molecule is CC1C/C(=N\OS(C)(=O)=O)CC2CC[C@@H]3[C@@H](CC[C@@]4(C)[C@H]3CCC4(C)O)[C@@]12C. The van der Waals surface area contributed by atoms with Gasteiger partial charge in [0.25, 0.3) is 0 Å². The van der Waals surface area contributed by atoms with Crippen molar-refractivity contribution in [3.8, 4) is 0 Å². The number of nitrogens with zero attached hydrogens (tertiary/aromatic N) is 1. The van der Waals surface area contributed by atoms with E-state index in [2.05, 4.69) is 32.9 Å². The average molecular weight is 412 g/mol. The molecule has 0 radical (unpaired) electrons. The number of fused-ring (bicyclic) bond motifs is 5. The lowest BCUT2D eigenvalue weighted by atomic mass is 9.42. The van der Waals surface area contributed by atoms with Crippen LogP contribution < -0.4 is 0 Å². The van der Waals surface area contributed by atoms with Gasteiger partial charge in [0.2, 0.25) is 0 Å². The Balaban J connectivity index is 1.59. The molecule has 4 fully saturated rings. The highest BCUT2D eigenvalue weighted by Crippen LogP contribution is 2.68. The van der Waals surface area contributed by atoms with E-state index in [1.807, 2.05) is 0 Å². The van der Waals surface area contributed by atoms with Crippen molar-refractivity contribution in [2.24, 2.45) is 45.6 Å². The minimum absolute atomic E-state index is 0.0607. The van der Waals surface area contributed by atoms with Gasteiger partial charge in [-0.2, -0.15) is 8.42 Å². The highest BCUT2D eigenvalue weighted by atomic mass is 32.2.